The summed E-state index contributed by atoms with van der Waals surface area (Å²) >= 11 is 0. The number of sulfonamides is 1. The van der Waals surface area contributed by atoms with Gasteiger partial charge in [-0.1, -0.05) is 0 Å². The third-order valence-corrected chi connectivity index (χ3v) is 5.68. The first-order chi connectivity index (χ1) is 9.04. The maximum atomic E-state index is 12.5. The number of pyridine rings is 1. The van der Waals surface area contributed by atoms with Crippen molar-refractivity contribution >= 4 is 19.9 Å². The second kappa shape index (κ2) is 6.19. The van der Waals surface area contributed by atoms with E-state index in [1.165, 1.54) is 16.6 Å². The fourth-order valence-electron chi connectivity index (χ4n) is 1.72. The zero-order valence-electron chi connectivity index (χ0n) is 12.1. The molecule has 0 radical (unpaired) electrons. The first-order valence-electron chi connectivity index (χ1n) is 6.15. The van der Waals surface area contributed by atoms with E-state index >= 15 is 0 Å². The quantitative estimate of drug-likeness (QED) is 0.775. The molecule has 0 aliphatic rings. The number of nitrogens with zero attached hydrogens (tertiary/aromatic N) is 2. The molecule has 1 heterocycles. The number of sulfone groups is 1. The largest absolute Gasteiger partial charge is 0.263 e. The van der Waals surface area contributed by atoms with Gasteiger partial charge in [0.15, 0.2) is 0 Å². The summed E-state index contributed by atoms with van der Waals surface area (Å²) < 4.78 is 48.7. The van der Waals surface area contributed by atoms with E-state index in [0.717, 1.165) is 11.8 Å². The molecule has 1 aromatic heterocycles. The van der Waals surface area contributed by atoms with Gasteiger partial charge in [-0.3, -0.25) is 4.98 Å². The van der Waals surface area contributed by atoms with Crippen molar-refractivity contribution in [3.63, 3.8) is 0 Å². The molecule has 0 aliphatic carbocycles. The molecule has 0 aliphatic heterocycles. The summed E-state index contributed by atoms with van der Waals surface area (Å²) in [6.45, 7) is 5.11. The van der Waals surface area contributed by atoms with Gasteiger partial charge in [0.1, 0.15) is 14.7 Å². The Labute approximate surface area is 120 Å². The minimum atomic E-state index is -3.74. The minimum absolute atomic E-state index is 0.0627. The number of hydrogen-bond acceptors (Lipinski definition) is 5. The molecule has 0 unspecified atom stereocenters. The number of aromatic nitrogens is 1. The van der Waals surface area contributed by atoms with Crippen molar-refractivity contribution in [2.24, 2.45) is 0 Å². The Morgan fingerprint density at radius 1 is 1.20 bits per heavy atom. The molecule has 0 atom stereocenters. The summed E-state index contributed by atoms with van der Waals surface area (Å²) in [5.41, 5.74) is 0.734. The van der Waals surface area contributed by atoms with E-state index in [4.69, 9.17) is 0 Å². The topological polar surface area (TPSA) is 84.4 Å². The molecule has 0 saturated heterocycles. The Morgan fingerprint density at radius 3 is 2.25 bits per heavy atom. The smallest absolute Gasteiger partial charge is 0.244 e. The van der Waals surface area contributed by atoms with Crippen molar-refractivity contribution in [2.75, 3.05) is 18.6 Å². The summed E-state index contributed by atoms with van der Waals surface area (Å²) in [7, 11) is -6.96. The predicted molar refractivity (Wildman–Crippen MR) is 77.7 cm³/mol. The van der Waals surface area contributed by atoms with E-state index in [2.05, 4.69) is 4.98 Å². The third kappa shape index (κ3) is 4.53. The highest BCUT2D eigenvalue weighted by molar-refractivity contribution is 7.91. The summed E-state index contributed by atoms with van der Waals surface area (Å²) in [5, 5.41) is 0. The normalized spacial score (nSPS) is 13.1. The molecule has 0 aromatic carbocycles. The molecule has 20 heavy (non-hydrogen) atoms. The lowest BCUT2D eigenvalue weighted by Crippen LogP contribution is -2.40. The van der Waals surface area contributed by atoms with Gasteiger partial charge in [-0.05, 0) is 32.4 Å². The van der Waals surface area contributed by atoms with Crippen LogP contribution in [0, 0.1) is 6.92 Å². The first-order valence-corrected chi connectivity index (χ1v) is 9.65. The minimum Gasteiger partial charge on any atom is -0.263 e. The first kappa shape index (κ1) is 17.1. The zero-order valence-corrected chi connectivity index (χ0v) is 13.7. The van der Waals surface area contributed by atoms with Gasteiger partial charge in [-0.25, -0.2) is 16.8 Å². The Balaban J connectivity index is 3.13. The van der Waals surface area contributed by atoms with Gasteiger partial charge >= 0.3 is 0 Å². The fourth-order valence-corrected chi connectivity index (χ4v) is 4.05. The van der Waals surface area contributed by atoms with Crippen LogP contribution in [0.15, 0.2) is 23.4 Å². The van der Waals surface area contributed by atoms with Crippen molar-refractivity contribution in [3.05, 3.63) is 24.0 Å². The highest BCUT2D eigenvalue weighted by Crippen LogP contribution is 2.18. The van der Waals surface area contributed by atoms with Crippen molar-refractivity contribution in [1.82, 2.24) is 9.29 Å². The zero-order chi connectivity index (χ0) is 15.6. The average molecular weight is 320 g/mol. The Kier molecular flexibility index (Phi) is 5.28. The molecular formula is C12H20N2O4S2. The summed E-state index contributed by atoms with van der Waals surface area (Å²) in [5.74, 6) is -0.205. The Hall–Kier alpha value is -0.990. The van der Waals surface area contributed by atoms with Gasteiger partial charge in [0.2, 0.25) is 10.0 Å². The number of rotatable bonds is 6. The predicted octanol–water partition coefficient (Wildman–Crippen LogP) is 0.834. The van der Waals surface area contributed by atoms with Crippen molar-refractivity contribution in [1.29, 1.82) is 0 Å². The molecule has 0 N–H and O–H groups in total. The van der Waals surface area contributed by atoms with Crippen LogP contribution in [-0.2, 0) is 19.9 Å². The van der Waals surface area contributed by atoms with Crippen LogP contribution in [-0.4, -0.2) is 50.7 Å². The molecule has 0 fully saturated rings. The molecule has 1 rings (SSSR count). The van der Waals surface area contributed by atoms with Crippen LogP contribution < -0.4 is 0 Å². The fraction of sp³-hybridized carbons (Fsp3) is 0.583. The summed E-state index contributed by atoms with van der Waals surface area (Å²) in [4.78, 5) is 3.96. The van der Waals surface area contributed by atoms with E-state index in [1.807, 2.05) is 0 Å². The van der Waals surface area contributed by atoms with Crippen molar-refractivity contribution in [2.45, 2.75) is 31.7 Å². The van der Waals surface area contributed by atoms with Crippen molar-refractivity contribution in [3.8, 4) is 0 Å². The standard InChI is InChI=1S/C12H20N2O4S2/c1-10(2)14(5-6-19(4,15)16)20(17,18)12-7-11(3)8-13-9-12/h7-10H,5-6H2,1-4H3. The summed E-state index contributed by atoms with van der Waals surface area (Å²) in [6.07, 6.45) is 3.93. The van der Waals surface area contributed by atoms with Gasteiger partial charge in [0, 0.05) is 31.2 Å². The van der Waals surface area contributed by atoms with E-state index in [-0.39, 0.29) is 23.2 Å². The number of hydrogen-bond donors (Lipinski definition) is 0. The van der Waals surface area contributed by atoms with Crippen LogP contribution in [0.5, 0.6) is 0 Å². The lowest BCUT2D eigenvalue weighted by Gasteiger charge is -2.25. The van der Waals surface area contributed by atoms with Gasteiger partial charge in [0.25, 0.3) is 0 Å². The Bertz CT molecular complexity index is 666. The van der Waals surface area contributed by atoms with Crippen LogP contribution in [0.25, 0.3) is 0 Å². The second-order valence-corrected chi connectivity index (χ2v) is 9.19. The maximum absolute atomic E-state index is 12.5. The molecule has 8 heteroatoms. The van der Waals surface area contributed by atoms with E-state index < -0.39 is 19.9 Å². The van der Waals surface area contributed by atoms with Gasteiger partial charge in [-0.2, -0.15) is 4.31 Å². The average Bonchev–Trinajstić information content (AvgIpc) is 2.26. The molecule has 1 aromatic rings. The van der Waals surface area contributed by atoms with Crippen LogP contribution >= 0.6 is 0 Å². The highest BCUT2D eigenvalue weighted by Gasteiger charge is 2.28. The van der Waals surface area contributed by atoms with Crippen molar-refractivity contribution < 1.29 is 16.8 Å². The maximum Gasteiger partial charge on any atom is 0.244 e. The van der Waals surface area contributed by atoms with E-state index in [1.54, 1.807) is 27.0 Å². The van der Waals surface area contributed by atoms with Crippen LogP contribution in [0.4, 0.5) is 0 Å². The second-order valence-electron chi connectivity index (χ2n) is 5.04. The molecule has 114 valence electrons. The van der Waals surface area contributed by atoms with Crippen LogP contribution in [0.2, 0.25) is 0 Å². The van der Waals surface area contributed by atoms with Crippen LogP contribution in [0.1, 0.15) is 19.4 Å². The molecule has 0 spiro atoms. The van der Waals surface area contributed by atoms with E-state index in [9.17, 15) is 16.8 Å². The molecule has 0 saturated carbocycles. The molecule has 6 nitrogen and oxygen atoms in total. The molecule has 0 bridgehead atoms. The van der Waals surface area contributed by atoms with Gasteiger partial charge in [0.05, 0.1) is 5.75 Å². The van der Waals surface area contributed by atoms with E-state index in [0.29, 0.717) is 0 Å². The number of aryl methyl sites for hydroxylation is 1. The highest BCUT2D eigenvalue weighted by atomic mass is 32.2. The lowest BCUT2D eigenvalue weighted by atomic mass is 10.3. The monoisotopic (exact) mass is 320 g/mol. The van der Waals surface area contributed by atoms with Gasteiger partial charge < -0.3 is 0 Å². The summed E-state index contributed by atoms with van der Waals surface area (Å²) in [6, 6.07) is 1.19. The molecular weight excluding hydrogens is 300 g/mol. The lowest BCUT2D eigenvalue weighted by molar-refractivity contribution is 0.369. The SMILES string of the molecule is Cc1cncc(S(=O)(=O)N(CCS(C)(=O)=O)C(C)C)c1. The molecule has 0 amide bonds. The van der Waals surface area contributed by atoms with Crippen LogP contribution in [0.3, 0.4) is 0 Å². The van der Waals surface area contributed by atoms with Gasteiger partial charge in [-0.15, -0.1) is 0 Å². The Morgan fingerprint density at radius 2 is 1.80 bits per heavy atom. The third-order valence-electron chi connectivity index (χ3n) is 2.71.